The maximum atomic E-state index is 7.26. The Bertz CT molecular complexity index is 1140. The number of ether oxygens (including phenoxy) is 3. The van der Waals surface area contributed by atoms with Crippen molar-refractivity contribution in [2.75, 3.05) is 13.4 Å². The summed E-state index contributed by atoms with van der Waals surface area (Å²) in [7, 11) is -2.72. The average molecular weight is 752 g/mol. The van der Waals surface area contributed by atoms with Crippen molar-refractivity contribution < 1.29 is 49.7 Å². The Morgan fingerprint density at radius 1 is 0.921 bits per heavy atom. The van der Waals surface area contributed by atoms with Crippen molar-refractivity contribution in [3.05, 3.63) is 115 Å². The van der Waals surface area contributed by atoms with Gasteiger partial charge in [-0.3, -0.25) is 0 Å². The number of hydrogen-bond acceptors (Lipinski definition) is 4. The summed E-state index contributed by atoms with van der Waals surface area (Å²) < 4.78 is 25.8. The molecule has 2 fully saturated rings. The van der Waals surface area contributed by atoms with Crippen LogP contribution in [-0.4, -0.2) is 33.4 Å². The molecule has 0 radical (unpaired) electrons. The van der Waals surface area contributed by atoms with Crippen LogP contribution >= 0.6 is 0 Å². The van der Waals surface area contributed by atoms with E-state index in [1.54, 1.807) is 0 Å². The summed E-state index contributed by atoms with van der Waals surface area (Å²) in [6, 6.07) is 31.5. The summed E-state index contributed by atoms with van der Waals surface area (Å²) in [6.07, 6.45) is 0.655. The van der Waals surface area contributed by atoms with Crippen LogP contribution in [0.5, 0.6) is 0 Å². The van der Waals surface area contributed by atoms with Gasteiger partial charge < -0.3 is 18.6 Å². The molecule has 2 aliphatic rings. The minimum absolute atomic E-state index is 0. The van der Waals surface area contributed by atoms with E-state index in [0.717, 1.165) is 17.6 Å². The smallest absolute Gasteiger partial charge is 0.261 e. The zero-order chi connectivity index (χ0) is 25.9. The number of benzene rings is 3. The van der Waals surface area contributed by atoms with E-state index in [9.17, 15) is 0 Å². The van der Waals surface area contributed by atoms with Gasteiger partial charge in [-0.25, -0.2) is 6.61 Å². The fraction of sp³-hybridized carbons (Fsp3) is 0.344. The van der Waals surface area contributed by atoms with Crippen LogP contribution in [0, 0.1) is 43.6 Å². The molecule has 3 aromatic rings. The van der Waals surface area contributed by atoms with Crippen LogP contribution < -0.4 is 10.4 Å². The van der Waals surface area contributed by atoms with Crippen LogP contribution in [0.2, 0.25) is 5.04 Å². The number of hydrogen-bond donors (Lipinski definition) is 0. The van der Waals surface area contributed by atoms with E-state index in [1.165, 1.54) is 10.4 Å². The molecule has 0 amide bonds. The molecule has 0 N–H and O–H groups in total. The largest absolute Gasteiger partial charge is 0.540 e. The van der Waals surface area contributed by atoms with E-state index in [2.05, 4.69) is 100 Å². The molecule has 1 aliphatic carbocycles. The first kappa shape index (κ1) is 29.5. The third kappa shape index (κ3) is 5.56. The van der Waals surface area contributed by atoms with E-state index in [4.69, 9.17) is 18.6 Å². The second kappa shape index (κ2) is 12.4. The molecule has 3 aromatic carbocycles. The van der Waals surface area contributed by atoms with Crippen LogP contribution in [-0.2, 0) is 25.2 Å². The van der Waals surface area contributed by atoms with Crippen molar-refractivity contribution in [2.45, 2.75) is 50.5 Å². The molecule has 1 heterocycles. The van der Waals surface area contributed by atoms with Crippen molar-refractivity contribution in [1.82, 2.24) is 0 Å². The molecular weight excluding hydrogens is 714 g/mol. The maximum absolute atomic E-state index is 7.26. The zero-order valence-corrected chi connectivity index (χ0v) is 27.7. The summed E-state index contributed by atoms with van der Waals surface area (Å²) in [5, 5.41) is 2.37. The fourth-order valence-electron chi connectivity index (χ4n) is 5.90. The minimum Gasteiger partial charge on any atom is -0.540 e. The van der Waals surface area contributed by atoms with Gasteiger partial charge in [0.2, 0.25) is 0 Å². The molecular formula is C32H37O4SiU-. The molecule has 3 unspecified atom stereocenters. The van der Waals surface area contributed by atoms with Gasteiger partial charge >= 0.3 is 0 Å². The number of fused-ring (bicyclic) bond motifs is 2. The monoisotopic (exact) mass is 751 g/mol. The van der Waals surface area contributed by atoms with Gasteiger partial charge in [0.05, 0.1) is 19.3 Å². The van der Waals surface area contributed by atoms with Gasteiger partial charge in [0.25, 0.3) is 8.32 Å². The van der Waals surface area contributed by atoms with Gasteiger partial charge in [-0.15, -0.1) is 5.92 Å². The first-order valence-electron chi connectivity index (χ1n) is 13.0. The Labute approximate surface area is 252 Å². The molecule has 6 heteroatoms. The fourth-order valence-corrected chi connectivity index (χ4v) is 10.5. The van der Waals surface area contributed by atoms with Crippen LogP contribution in [0.15, 0.2) is 103 Å². The van der Waals surface area contributed by atoms with Gasteiger partial charge in [0, 0.05) is 31.1 Å². The molecule has 0 spiro atoms. The van der Waals surface area contributed by atoms with Crippen molar-refractivity contribution in [3.8, 4) is 0 Å². The molecule has 1 saturated carbocycles. The van der Waals surface area contributed by atoms with E-state index in [-0.39, 0.29) is 55.0 Å². The van der Waals surface area contributed by atoms with E-state index >= 15 is 0 Å². The number of rotatable bonds is 10. The Kier molecular flexibility index (Phi) is 9.59. The Morgan fingerprint density at radius 3 is 2.00 bits per heavy atom. The topological polar surface area (TPSA) is 36.9 Å². The third-order valence-electron chi connectivity index (χ3n) is 7.74. The van der Waals surface area contributed by atoms with Crippen molar-refractivity contribution in [1.29, 1.82) is 0 Å². The summed E-state index contributed by atoms with van der Waals surface area (Å²) in [5.41, 5.74) is 1.44. The second-order valence-electron chi connectivity index (χ2n) is 11.1. The molecule has 2 bridgehead atoms. The van der Waals surface area contributed by atoms with Crippen LogP contribution in [0.4, 0.5) is 0 Å². The van der Waals surface area contributed by atoms with Gasteiger partial charge in [-0.1, -0.05) is 118 Å². The second-order valence-corrected chi connectivity index (χ2v) is 15.4. The normalized spacial score (nSPS) is 22.9. The van der Waals surface area contributed by atoms with E-state index < -0.39 is 13.9 Å². The molecule has 198 valence electrons. The van der Waals surface area contributed by atoms with Gasteiger partial charge in [0.1, 0.15) is 12.4 Å². The predicted molar refractivity (Wildman–Crippen MR) is 150 cm³/mol. The van der Waals surface area contributed by atoms with Crippen LogP contribution in [0.1, 0.15) is 32.8 Å². The van der Waals surface area contributed by atoms with Crippen molar-refractivity contribution >= 4 is 18.7 Å². The molecule has 5 rings (SSSR count). The van der Waals surface area contributed by atoms with Gasteiger partial charge in [-0.2, -0.15) is 0 Å². The van der Waals surface area contributed by atoms with Crippen LogP contribution in [0.25, 0.3) is 0 Å². The Hall–Kier alpha value is -1.49. The Balaban J connectivity index is 0.00000336. The SMILES string of the molecule is C=C1CC2[CH-]OC1(CO[Si](c1ccccc1)(c1ccccc1)C(C)(C)C)C2OCOCc1ccccc1.[U]. The molecule has 0 aromatic heterocycles. The van der Waals surface area contributed by atoms with Gasteiger partial charge in [-0.05, 0) is 33.0 Å². The summed E-state index contributed by atoms with van der Waals surface area (Å²) in [5.74, 6) is 0.149. The first-order valence-corrected chi connectivity index (χ1v) is 15.0. The molecule has 1 aliphatic heterocycles. The summed E-state index contributed by atoms with van der Waals surface area (Å²) >= 11 is 0. The standard InChI is InChI=1S/C32H37O4Si.U/c1-25-20-27-22-35-32(25,30(27)34-24-33-21-26-14-8-5-9-15-26)23-36-37(31(2,3)4,28-16-10-6-11-17-28)29-18-12-7-13-19-29;/h5-19,22,27,30H,1,20-21,23-24H2,2-4H3;/q-1;. The average Bonchev–Trinajstić information content (AvgIpc) is 3.38. The Morgan fingerprint density at radius 2 is 1.47 bits per heavy atom. The maximum Gasteiger partial charge on any atom is 0.261 e. The zero-order valence-electron chi connectivity index (χ0n) is 22.6. The third-order valence-corrected chi connectivity index (χ3v) is 12.7. The molecule has 1 saturated heterocycles. The van der Waals surface area contributed by atoms with Gasteiger partial charge in [0.15, 0.2) is 0 Å². The quantitative estimate of drug-likeness (QED) is 0.0886. The van der Waals surface area contributed by atoms with Crippen molar-refractivity contribution in [2.24, 2.45) is 5.92 Å². The minimum atomic E-state index is -2.72. The molecule has 3 atom stereocenters. The summed E-state index contributed by atoms with van der Waals surface area (Å²) in [6.45, 7) is 14.3. The first-order chi connectivity index (χ1) is 17.9. The predicted octanol–water partition coefficient (Wildman–Crippen LogP) is 5.63. The van der Waals surface area contributed by atoms with Crippen molar-refractivity contribution in [3.63, 3.8) is 0 Å². The summed E-state index contributed by atoms with van der Waals surface area (Å²) in [4.78, 5) is 0. The van der Waals surface area contributed by atoms with E-state index in [1.807, 2.05) is 24.8 Å². The van der Waals surface area contributed by atoms with Crippen LogP contribution in [0.3, 0.4) is 0 Å². The van der Waals surface area contributed by atoms with E-state index in [0.29, 0.717) is 13.2 Å². The molecule has 38 heavy (non-hydrogen) atoms. The molecule has 4 nitrogen and oxygen atoms in total.